The van der Waals surface area contributed by atoms with Gasteiger partial charge >= 0.3 is 0 Å². The van der Waals surface area contributed by atoms with Crippen LogP contribution in [0.1, 0.15) is 23.4 Å². The second kappa shape index (κ2) is 7.25. The summed E-state index contributed by atoms with van der Waals surface area (Å²) in [5.74, 6) is 0.305. The second-order valence-corrected chi connectivity index (χ2v) is 5.73. The van der Waals surface area contributed by atoms with Crippen LogP contribution in [0.15, 0.2) is 46.9 Å². The number of nitrogens with one attached hydrogen (secondary N) is 1. The number of aryl methyl sites for hydroxylation is 2. The molecule has 1 amide bonds. The molecule has 124 valence electrons. The van der Waals surface area contributed by atoms with Crippen molar-refractivity contribution in [2.45, 2.75) is 26.2 Å². The SMILES string of the molecule is Cc1nc2ccc(CCNC(=O)CCc3ccccc3F)cc2o1. The fraction of sp³-hybridized carbons (Fsp3) is 0.263. The normalized spacial score (nSPS) is 10.9. The van der Waals surface area contributed by atoms with Crippen LogP contribution in [0.5, 0.6) is 0 Å². The van der Waals surface area contributed by atoms with Crippen LogP contribution in [0, 0.1) is 12.7 Å². The van der Waals surface area contributed by atoms with Crippen LogP contribution in [0.2, 0.25) is 0 Å². The van der Waals surface area contributed by atoms with E-state index in [-0.39, 0.29) is 18.1 Å². The van der Waals surface area contributed by atoms with Crippen molar-refractivity contribution < 1.29 is 13.6 Å². The molecule has 0 saturated heterocycles. The monoisotopic (exact) mass is 326 g/mol. The Kier molecular flexibility index (Phi) is 4.89. The topological polar surface area (TPSA) is 55.1 Å². The van der Waals surface area contributed by atoms with Crippen LogP contribution >= 0.6 is 0 Å². The molecule has 3 rings (SSSR count). The third kappa shape index (κ3) is 3.98. The minimum atomic E-state index is -0.263. The highest BCUT2D eigenvalue weighted by atomic mass is 19.1. The van der Waals surface area contributed by atoms with Crippen LogP contribution in [0.4, 0.5) is 4.39 Å². The molecule has 4 nitrogen and oxygen atoms in total. The fourth-order valence-electron chi connectivity index (χ4n) is 2.62. The van der Waals surface area contributed by atoms with E-state index in [9.17, 15) is 9.18 Å². The van der Waals surface area contributed by atoms with Crippen molar-refractivity contribution in [3.05, 3.63) is 65.3 Å². The summed E-state index contributed by atoms with van der Waals surface area (Å²) in [7, 11) is 0. The van der Waals surface area contributed by atoms with Crippen LogP contribution in [0.25, 0.3) is 11.1 Å². The number of hydrogen-bond donors (Lipinski definition) is 1. The summed E-state index contributed by atoms with van der Waals surface area (Å²) >= 11 is 0. The van der Waals surface area contributed by atoms with Crippen molar-refractivity contribution in [1.82, 2.24) is 10.3 Å². The van der Waals surface area contributed by atoms with Gasteiger partial charge in [-0.3, -0.25) is 4.79 Å². The summed E-state index contributed by atoms with van der Waals surface area (Å²) in [6, 6.07) is 12.4. The molecule has 1 aromatic heterocycles. The highest BCUT2D eigenvalue weighted by molar-refractivity contribution is 5.76. The van der Waals surface area contributed by atoms with Gasteiger partial charge in [-0.25, -0.2) is 9.37 Å². The zero-order chi connectivity index (χ0) is 16.9. The summed E-state index contributed by atoms with van der Waals surface area (Å²) in [5, 5.41) is 2.87. The molecule has 1 N–H and O–H groups in total. The van der Waals surface area contributed by atoms with E-state index < -0.39 is 0 Å². The molecule has 3 aromatic rings. The summed E-state index contributed by atoms with van der Waals surface area (Å²) < 4.78 is 19.0. The average Bonchev–Trinajstić information content (AvgIpc) is 2.93. The number of hydrogen-bond acceptors (Lipinski definition) is 3. The van der Waals surface area contributed by atoms with E-state index in [1.165, 1.54) is 6.07 Å². The van der Waals surface area contributed by atoms with Crippen molar-refractivity contribution in [3.8, 4) is 0 Å². The number of oxazole rings is 1. The lowest BCUT2D eigenvalue weighted by Gasteiger charge is -2.06. The predicted octanol–water partition coefficient (Wildman–Crippen LogP) is 3.57. The van der Waals surface area contributed by atoms with Crippen molar-refractivity contribution in [1.29, 1.82) is 0 Å². The predicted molar refractivity (Wildman–Crippen MR) is 90.2 cm³/mol. The molecule has 0 aliphatic carbocycles. The van der Waals surface area contributed by atoms with Crippen LogP contribution in [-0.2, 0) is 17.6 Å². The van der Waals surface area contributed by atoms with E-state index in [2.05, 4.69) is 10.3 Å². The number of halogens is 1. The maximum Gasteiger partial charge on any atom is 0.220 e. The average molecular weight is 326 g/mol. The van der Waals surface area contributed by atoms with Crippen molar-refractivity contribution in [3.63, 3.8) is 0 Å². The van der Waals surface area contributed by atoms with Crippen molar-refractivity contribution >= 4 is 17.0 Å². The molecule has 5 heteroatoms. The van der Waals surface area contributed by atoms with E-state index >= 15 is 0 Å². The number of carbonyl (C=O) groups excluding carboxylic acids is 1. The Labute approximate surface area is 139 Å². The first-order valence-corrected chi connectivity index (χ1v) is 7.98. The largest absolute Gasteiger partial charge is 0.441 e. The molecule has 1 heterocycles. The van der Waals surface area contributed by atoms with Crippen LogP contribution in [-0.4, -0.2) is 17.4 Å². The van der Waals surface area contributed by atoms with Crippen LogP contribution < -0.4 is 5.32 Å². The molecule has 0 unspecified atom stereocenters. The number of aromatic nitrogens is 1. The molecule has 0 atom stereocenters. The quantitative estimate of drug-likeness (QED) is 0.753. The first-order chi connectivity index (χ1) is 11.6. The van der Waals surface area contributed by atoms with Gasteiger partial charge in [-0.1, -0.05) is 24.3 Å². The first-order valence-electron chi connectivity index (χ1n) is 7.98. The number of rotatable bonds is 6. The lowest BCUT2D eigenvalue weighted by molar-refractivity contribution is -0.121. The summed E-state index contributed by atoms with van der Waals surface area (Å²) in [4.78, 5) is 16.1. The number of carbonyl (C=O) groups is 1. The molecule has 2 aromatic carbocycles. The Morgan fingerprint density at radius 1 is 1.21 bits per heavy atom. The minimum absolute atomic E-state index is 0.0742. The molecule has 0 radical (unpaired) electrons. The Bertz CT molecular complexity index is 857. The second-order valence-electron chi connectivity index (χ2n) is 5.73. The van der Waals surface area contributed by atoms with Gasteiger partial charge in [0, 0.05) is 19.9 Å². The highest BCUT2D eigenvalue weighted by Gasteiger charge is 2.06. The molecule has 0 aliphatic heterocycles. The van der Waals surface area contributed by atoms with Crippen LogP contribution in [0.3, 0.4) is 0 Å². The Morgan fingerprint density at radius 3 is 2.88 bits per heavy atom. The lowest BCUT2D eigenvalue weighted by Crippen LogP contribution is -2.25. The molecule has 24 heavy (non-hydrogen) atoms. The van der Waals surface area contributed by atoms with Gasteiger partial charge in [0.1, 0.15) is 11.3 Å². The first kappa shape index (κ1) is 16.2. The van der Waals surface area contributed by atoms with E-state index in [4.69, 9.17) is 4.42 Å². The molecular weight excluding hydrogens is 307 g/mol. The standard InChI is InChI=1S/C19H19FN2O2/c1-13-22-17-8-6-14(12-18(17)24-13)10-11-21-19(23)9-7-15-4-2-3-5-16(15)20/h2-6,8,12H,7,9-11H2,1H3,(H,21,23). The van der Waals surface area contributed by atoms with Crippen molar-refractivity contribution in [2.24, 2.45) is 0 Å². The molecule has 0 aliphatic rings. The number of fused-ring (bicyclic) bond motifs is 1. The van der Waals surface area contributed by atoms with Gasteiger partial charge in [0.25, 0.3) is 0 Å². The fourth-order valence-corrected chi connectivity index (χ4v) is 2.62. The van der Waals surface area contributed by atoms with Gasteiger partial charge < -0.3 is 9.73 Å². The smallest absolute Gasteiger partial charge is 0.220 e. The van der Waals surface area contributed by atoms with Gasteiger partial charge in [0.15, 0.2) is 11.5 Å². The van der Waals surface area contributed by atoms with Gasteiger partial charge in [0.05, 0.1) is 0 Å². The summed E-state index contributed by atoms with van der Waals surface area (Å²) in [6.45, 7) is 2.35. The molecular formula is C19H19FN2O2. The van der Waals surface area contributed by atoms with E-state index in [0.29, 0.717) is 30.8 Å². The van der Waals surface area contributed by atoms with Crippen molar-refractivity contribution in [2.75, 3.05) is 6.54 Å². The maximum absolute atomic E-state index is 13.5. The molecule has 0 bridgehead atoms. The Hall–Kier alpha value is -2.69. The van der Waals surface area contributed by atoms with Gasteiger partial charge in [0.2, 0.25) is 5.91 Å². The number of benzene rings is 2. The van der Waals surface area contributed by atoms with E-state index in [1.54, 1.807) is 18.2 Å². The van der Waals surface area contributed by atoms with Gasteiger partial charge in [-0.15, -0.1) is 0 Å². The third-order valence-corrected chi connectivity index (χ3v) is 3.87. The molecule has 0 saturated carbocycles. The Balaban J connectivity index is 1.46. The number of amides is 1. The minimum Gasteiger partial charge on any atom is -0.441 e. The zero-order valence-electron chi connectivity index (χ0n) is 13.5. The zero-order valence-corrected chi connectivity index (χ0v) is 13.5. The van der Waals surface area contributed by atoms with E-state index in [1.807, 2.05) is 25.1 Å². The highest BCUT2D eigenvalue weighted by Crippen LogP contribution is 2.17. The molecule has 0 spiro atoms. The van der Waals surface area contributed by atoms with Gasteiger partial charge in [-0.2, -0.15) is 0 Å². The summed E-state index contributed by atoms with van der Waals surface area (Å²) in [5.41, 5.74) is 3.24. The Morgan fingerprint density at radius 2 is 2.04 bits per heavy atom. The van der Waals surface area contributed by atoms with Gasteiger partial charge in [-0.05, 0) is 42.2 Å². The summed E-state index contributed by atoms with van der Waals surface area (Å²) in [6.07, 6.45) is 1.39. The lowest BCUT2D eigenvalue weighted by atomic mass is 10.1. The molecule has 0 fully saturated rings. The number of nitrogens with zero attached hydrogens (tertiary/aromatic N) is 1. The maximum atomic E-state index is 13.5. The van der Waals surface area contributed by atoms with E-state index in [0.717, 1.165) is 16.7 Å². The third-order valence-electron chi connectivity index (χ3n) is 3.87.